The number of aromatic carboxylic acids is 1. The molecule has 0 bridgehead atoms. The summed E-state index contributed by atoms with van der Waals surface area (Å²) in [5.41, 5.74) is 8.63. The van der Waals surface area contributed by atoms with Crippen molar-refractivity contribution in [2.75, 3.05) is 0 Å². The van der Waals surface area contributed by atoms with Crippen molar-refractivity contribution in [1.82, 2.24) is 0 Å². The summed E-state index contributed by atoms with van der Waals surface area (Å²) in [7, 11) is 0. The molecule has 1 rings (SSSR count). The minimum absolute atomic E-state index is 0.0442. The van der Waals surface area contributed by atoms with Crippen LogP contribution in [0, 0.1) is 0 Å². The third-order valence-electron chi connectivity index (χ3n) is 2.27. The maximum absolute atomic E-state index is 10.8. The van der Waals surface area contributed by atoms with Gasteiger partial charge in [0, 0.05) is 4.91 Å². The van der Waals surface area contributed by atoms with E-state index >= 15 is 0 Å². The topological polar surface area (TPSA) is 133 Å². The number of aliphatic carboxylic acids is 1. The number of benzene rings is 1. The number of carboxylic acid groups (broad SMARTS) is 2. The number of hydrogen-bond donors (Lipinski definition) is 2. The van der Waals surface area contributed by atoms with Crippen LogP contribution < -0.4 is 4.74 Å². The van der Waals surface area contributed by atoms with Crippen LogP contribution in [0.5, 0.6) is 5.75 Å². The van der Waals surface area contributed by atoms with Crippen LogP contribution in [0.25, 0.3) is 10.4 Å². The van der Waals surface area contributed by atoms with Crippen molar-refractivity contribution < 1.29 is 24.5 Å². The van der Waals surface area contributed by atoms with Crippen LogP contribution in [0.3, 0.4) is 0 Å². The Hall–Kier alpha value is -2.73. The highest BCUT2D eigenvalue weighted by Crippen LogP contribution is 2.23. The van der Waals surface area contributed by atoms with Crippen LogP contribution in [-0.4, -0.2) is 28.3 Å². The minimum atomic E-state index is -1.18. The van der Waals surface area contributed by atoms with E-state index in [9.17, 15) is 9.59 Å². The molecule has 0 amide bonds. The van der Waals surface area contributed by atoms with Crippen molar-refractivity contribution in [2.45, 2.75) is 19.6 Å². The monoisotopic (exact) mass is 265 g/mol. The second kappa shape index (κ2) is 6.27. The summed E-state index contributed by atoms with van der Waals surface area (Å²) in [4.78, 5) is 24.1. The molecule has 1 atom stereocenters. The fraction of sp³-hybridized carbons (Fsp3) is 0.273. The molecule has 0 aliphatic heterocycles. The molecule has 0 saturated heterocycles. The molecule has 8 heteroatoms. The van der Waals surface area contributed by atoms with Gasteiger partial charge in [-0.15, -0.1) is 0 Å². The van der Waals surface area contributed by atoms with E-state index in [4.69, 9.17) is 20.5 Å². The highest BCUT2D eigenvalue weighted by atomic mass is 16.5. The smallest absolute Gasteiger partial charge is 0.344 e. The molecular formula is C11H11N3O5. The molecule has 0 spiro atoms. The van der Waals surface area contributed by atoms with Crippen LogP contribution in [0.2, 0.25) is 0 Å². The van der Waals surface area contributed by atoms with Gasteiger partial charge in [-0.1, -0.05) is 11.2 Å². The van der Waals surface area contributed by atoms with Crippen LogP contribution >= 0.6 is 0 Å². The predicted octanol–water partition coefficient (Wildman–Crippen LogP) is 2.05. The van der Waals surface area contributed by atoms with E-state index in [0.717, 1.165) is 0 Å². The zero-order chi connectivity index (χ0) is 14.4. The molecule has 0 aromatic heterocycles. The molecule has 2 N–H and O–H groups in total. The van der Waals surface area contributed by atoms with Gasteiger partial charge in [0.1, 0.15) is 5.75 Å². The van der Waals surface area contributed by atoms with Crippen LogP contribution in [0.4, 0.5) is 0 Å². The van der Waals surface area contributed by atoms with Gasteiger partial charge in [-0.05, 0) is 30.2 Å². The van der Waals surface area contributed by atoms with Gasteiger partial charge in [0.25, 0.3) is 0 Å². The minimum Gasteiger partial charge on any atom is -0.479 e. The first-order valence-electron chi connectivity index (χ1n) is 5.22. The van der Waals surface area contributed by atoms with Crippen molar-refractivity contribution in [3.63, 3.8) is 0 Å². The lowest BCUT2D eigenvalue weighted by Crippen LogP contribution is -2.23. The van der Waals surface area contributed by atoms with Gasteiger partial charge in [-0.25, -0.2) is 9.59 Å². The first-order chi connectivity index (χ1) is 8.95. The summed E-state index contributed by atoms with van der Waals surface area (Å²) >= 11 is 0. The van der Waals surface area contributed by atoms with Gasteiger partial charge in [0.05, 0.1) is 12.1 Å². The fourth-order valence-corrected chi connectivity index (χ4v) is 1.28. The molecule has 0 aliphatic carbocycles. The molecular weight excluding hydrogens is 254 g/mol. The first-order valence-corrected chi connectivity index (χ1v) is 5.22. The summed E-state index contributed by atoms with van der Waals surface area (Å²) in [5.74, 6) is -2.28. The van der Waals surface area contributed by atoms with E-state index in [1.807, 2.05) is 0 Å². The van der Waals surface area contributed by atoms with E-state index < -0.39 is 18.0 Å². The molecule has 1 aromatic carbocycles. The zero-order valence-corrected chi connectivity index (χ0v) is 9.98. The van der Waals surface area contributed by atoms with E-state index in [1.54, 1.807) is 0 Å². The van der Waals surface area contributed by atoms with Crippen LogP contribution in [0.15, 0.2) is 23.3 Å². The van der Waals surface area contributed by atoms with E-state index in [0.29, 0.717) is 5.56 Å². The number of carbonyl (C=O) groups is 2. The lowest BCUT2D eigenvalue weighted by Gasteiger charge is -2.14. The Labute approximate surface area is 107 Å². The van der Waals surface area contributed by atoms with Crippen molar-refractivity contribution in [2.24, 2.45) is 5.11 Å². The number of hydrogen-bond acceptors (Lipinski definition) is 4. The molecule has 1 aromatic rings. The molecule has 0 aliphatic rings. The maximum Gasteiger partial charge on any atom is 0.344 e. The molecule has 19 heavy (non-hydrogen) atoms. The van der Waals surface area contributed by atoms with Gasteiger partial charge < -0.3 is 14.9 Å². The lowest BCUT2D eigenvalue weighted by atomic mass is 10.1. The van der Waals surface area contributed by atoms with Crippen molar-refractivity contribution in [1.29, 1.82) is 0 Å². The fourth-order valence-electron chi connectivity index (χ4n) is 1.28. The predicted molar refractivity (Wildman–Crippen MR) is 64.0 cm³/mol. The normalized spacial score (nSPS) is 11.2. The number of rotatable bonds is 6. The van der Waals surface area contributed by atoms with Crippen molar-refractivity contribution >= 4 is 11.9 Å². The molecule has 0 heterocycles. The maximum atomic E-state index is 10.8. The van der Waals surface area contributed by atoms with E-state index in [1.165, 1.54) is 25.1 Å². The Morgan fingerprint density at radius 3 is 2.68 bits per heavy atom. The Balaban J connectivity index is 3.13. The molecule has 8 nitrogen and oxygen atoms in total. The number of nitrogens with zero attached hydrogens (tertiary/aromatic N) is 3. The molecule has 0 radical (unpaired) electrons. The van der Waals surface area contributed by atoms with Crippen molar-refractivity contribution in [3.05, 3.63) is 39.8 Å². The van der Waals surface area contributed by atoms with Crippen LogP contribution in [0.1, 0.15) is 22.8 Å². The summed E-state index contributed by atoms with van der Waals surface area (Å²) in [6.45, 7) is 1.26. The number of azide groups is 1. The SMILES string of the molecule is CC(Oc1cc(C(=O)O)ccc1CN=[N+]=[N-])C(=O)O. The summed E-state index contributed by atoms with van der Waals surface area (Å²) in [6, 6.07) is 3.94. The number of ether oxygens (including phenoxy) is 1. The van der Waals surface area contributed by atoms with Gasteiger partial charge in [0.15, 0.2) is 6.10 Å². The third-order valence-corrected chi connectivity index (χ3v) is 2.27. The van der Waals surface area contributed by atoms with Gasteiger partial charge in [0.2, 0.25) is 0 Å². The second-order valence-corrected chi connectivity index (χ2v) is 3.61. The molecule has 0 saturated carbocycles. The average molecular weight is 265 g/mol. The third kappa shape index (κ3) is 3.90. The second-order valence-electron chi connectivity index (χ2n) is 3.61. The Bertz CT molecular complexity index is 551. The van der Waals surface area contributed by atoms with Gasteiger partial charge >= 0.3 is 11.9 Å². The Kier molecular flexibility index (Phi) is 4.73. The van der Waals surface area contributed by atoms with Crippen LogP contribution in [-0.2, 0) is 11.3 Å². The quantitative estimate of drug-likeness (QED) is 0.461. The zero-order valence-electron chi connectivity index (χ0n) is 9.98. The molecule has 100 valence electrons. The summed E-state index contributed by atoms with van der Waals surface area (Å²) in [6.07, 6.45) is -1.14. The standard InChI is InChI=1S/C11H11N3O5/c1-6(10(15)16)19-9-4-7(11(17)18)2-3-8(9)5-13-14-12/h2-4,6H,5H2,1H3,(H,15,16)(H,17,18). The highest BCUT2D eigenvalue weighted by Gasteiger charge is 2.16. The van der Waals surface area contributed by atoms with E-state index in [-0.39, 0.29) is 17.9 Å². The Morgan fingerprint density at radius 2 is 2.16 bits per heavy atom. The summed E-state index contributed by atoms with van der Waals surface area (Å²) < 4.78 is 5.15. The first kappa shape index (κ1) is 14.3. The van der Waals surface area contributed by atoms with Gasteiger partial charge in [-0.3, -0.25) is 0 Å². The molecule has 0 fully saturated rings. The summed E-state index contributed by atoms with van der Waals surface area (Å²) in [5, 5.41) is 21.0. The van der Waals surface area contributed by atoms with Crippen molar-refractivity contribution in [3.8, 4) is 5.75 Å². The van der Waals surface area contributed by atoms with Gasteiger partial charge in [-0.2, -0.15) is 0 Å². The number of carboxylic acids is 2. The molecule has 1 unspecified atom stereocenters. The largest absolute Gasteiger partial charge is 0.479 e. The van der Waals surface area contributed by atoms with E-state index in [2.05, 4.69) is 10.0 Å². The Morgan fingerprint density at radius 1 is 1.47 bits per heavy atom. The lowest BCUT2D eigenvalue weighted by molar-refractivity contribution is -0.144. The average Bonchev–Trinajstić information content (AvgIpc) is 2.36. The highest BCUT2D eigenvalue weighted by molar-refractivity contribution is 5.88.